The molecule has 2 unspecified atom stereocenters. The van der Waals surface area contributed by atoms with E-state index in [4.69, 9.17) is 9.47 Å². The number of β-amino-alcohol motifs (C(OH)–C–C–N with tert-alkyl or cyclic N) is 1. The highest BCUT2D eigenvalue weighted by molar-refractivity contribution is 5.30. The fraction of sp³-hybridized carbons (Fsp3) is 0.333. The molecule has 0 bridgehead atoms. The second-order valence-electron chi connectivity index (χ2n) is 6.14. The van der Waals surface area contributed by atoms with Crippen LogP contribution in [-0.4, -0.2) is 37.5 Å². The van der Waals surface area contributed by atoms with Crippen molar-refractivity contribution in [2.24, 2.45) is 0 Å². The van der Waals surface area contributed by atoms with Gasteiger partial charge in [0.25, 0.3) is 0 Å². The second kappa shape index (κ2) is 9.25. The summed E-state index contributed by atoms with van der Waals surface area (Å²) in [6.07, 6.45) is 4.55. The Hall–Kier alpha value is -2.30. The van der Waals surface area contributed by atoms with Crippen LogP contribution in [0.1, 0.15) is 17.9 Å². The summed E-state index contributed by atoms with van der Waals surface area (Å²) in [5.74, 6) is 1.91. The number of hydrogen-bond acceptors (Lipinski definition) is 4. The first-order chi connectivity index (χ1) is 12.3. The van der Waals surface area contributed by atoms with Crippen LogP contribution in [0.3, 0.4) is 0 Å². The zero-order chi connectivity index (χ0) is 17.3. The van der Waals surface area contributed by atoms with E-state index in [0.717, 1.165) is 24.5 Å². The molecule has 1 aliphatic heterocycles. The Bertz CT molecular complexity index is 655. The van der Waals surface area contributed by atoms with E-state index >= 15 is 0 Å². The fourth-order valence-electron chi connectivity index (χ4n) is 2.98. The maximum absolute atomic E-state index is 10.1. The van der Waals surface area contributed by atoms with E-state index in [9.17, 15) is 5.11 Å². The fourth-order valence-corrected chi connectivity index (χ4v) is 2.98. The lowest BCUT2D eigenvalue weighted by molar-refractivity contribution is 0.118. The predicted molar refractivity (Wildman–Crippen MR) is 99.2 cm³/mol. The van der Waals surface area contributed by atoms with Gasteiger partial charge in [0.2, 0.25) is 0 Å². The van der Waals surface area contributed by atoms with Crippen molar-refractivity contribution in [3.05, 3.63) is 72.3 Å². The Morgan fingerprint density at radius 1 is 0.920 bits per heavy atom. The molecule has 1 aliphatic rings. The molecule has 1 heterocycles. The van der Waals surface area contributed by atoms with Crippen molar-refractivity contribution >= 4 is 0 Å². The molecule has 25 heavy (non-hydrogen) atoms. The molecule has 132 valence electrons. The van der Waals surface area contributed by atoms with Crippen LogP contribution in [0.25, 0.3) is 0 Å². The Morgan fingerprint density at radius 3 is 2.20 bits per heavy atom. The molecule has 4 heteroatoms. The zero-order valence-corrected chi connectivity index (χ0v) is 14.3. The summed E-state index contributed by atoms with van der Waals surface area (Å²) in [5, 5.41) is 13.3. The van der Waals surface area contributed by atoms with E-state index in [-0.39, 0.29) is 12.0 Å². The van der Waals surface area contributed by atoms with E-state index in [1.54, 1.807) is 0 Å². The molecule has 3 rings (SSSR count). The van der Waals surface area contributed by atoms with Crippen molar-refractivity contribution in [2.75, 3.05) is 26.3 Å². The largest absolute Gasteiger partial charge is 0.490 e. The predicted octanol–water partition coefficient (Wildman–Crippen LogP) is 3.14. The number of rotatable bonds is 7. The first kappa shape index (κ1) is 17.5. The number of aliphatic hydroxyl groups is 1. The number of para-hydroxylation sites is 1. The van der Waals surface area contributed by atoms with Gasteiger partial charge in [-0.1, -0.05) is 30.3 Å². The summed E-state index contributed by atoms with van der Waals surface area (Å²) in [6.45, 7) is 2.65. The molecule has 4 nitrogen and oxygen atoms in total. The summed E-state index contributed by atoms with van der Waals surface area (Å²) in [4.78, 5) is 0. The van der Waals surface area contributed by atoms with Crippen LogP contribution in [0.2, 0.25) is 0 Å². The molecule has 0 aliphatic carbocycles. The number of hydrogen-bond donors (Lipinski definition) is 2. The molecule has 2 N–H and O–H groups in total. The number of ether oxygens (including phenoxy) is 2. The lowest BCUT2D eigenvalue weighted by Gasteiger charge is -2.28. The van der Waals surface area contributed by atoms with Crippen LogP contribution >= 0.6 is 0 Å². The summed E-state index contributed by atoms with van der Waals surface area (Å²) in [5.41, 5.74) is 1.17. The van der Waals surface area contributed by atoms with Crippen molar-refractivity contribution in [1.29, 1.82) is 0 Å². The quantitative estimate of drug-likeness (QED) is 0.761. The molecule has 2 atom stereocenters. The maximum Gasteiger partial charge on any atom is 0.119 e. The molecule has 2 aromatic rings. The van der Waals surface area contributed by atoms with Crippen LogP contribution in [0.5, 0.6) is 11.5 Å². The lowest BCUT2D eigenvalue weighted by Crippen LogP contribution is -2.39. The van der Waals surface area contributed by atoms with E-state index in [0.29, 0.717) is 19.8 Å². The van der Waals surface area contributed by atoms with Gasteiger partial charge in [-0.05, 0) is 54.9 Å². The van der Waals surface area contributed by atoms with Gasteiger partial charge in [0, 0.05) is 12.5 Å². The van der Waals surface area contributed by atoms with E-state index in [1.807, 2.05) is 54.6 Å². The second-order valence-corrected chi connectivity index (χ2v) is 6.14. The SMILES string of the molecule is OC1CNCCC1c1ccc(OC/C=C\COc2ccccc2)cc1. The van der Waals surface area contributed by atoms with Crippen molar-refractivity contribution in [3.8, 4) is 11.5 Å². The Kier molecular flexibility index (Phi) is 6.48. The Morgan fingerprint density at radius 2 is 1.56 bits per heavy atom. The van der Waals surface area contributed by atoms with Gasteiger partial charge in [-0.25, -0.2) is 0 Å². The number of benzene rings is 2. The molecule has 0 saturated carbocycles. The topological polar surface area (TPSA) is 50.7 Å². The van der Waals surface area contributed by atoms with Gasteiger partial charge in [-0.3, -0.25) is 0 Å². The maximum atomic E-state index is 10.1. The van der Waals surface area contributed by atoms with Gasteiger partial charge in [0.05, 0.1) is 6.10 Å². The average Bonchev–Trinajstić information content (AvgIpc) is 2.66. The third-order valence-corrected chi connectivity index (χ3v) is 4.36. The molecular weight excluding hydrogens is 314 g/mol. The Labute approximate surface area is 149 Å². The zero-order valence-electron chi connectivity index (χ0n) is 14.3. The molecule has 0 radical (unpaired) electrons. The standard InChI is InChI=1S/C21H25NO3/c23-21-16-22-13-12-20(21)17-8-10-19(11-9-17)25-15-5-4-14-24-18-6-2-1-3-7-18/h1-11,20-23H,12-16H2/b5-4-. The van der Waals surface area contributed by atoms with Crippen LogP contribution in [0, 0.1) is 0 Å². The van der Waals surface area contributed by atoms with Gasteiger partial charge in [-0.2, -0.15) is 0 Å². The normalized spacial score (nSPS) is 20.5. The van der Waals surface area contributed by atoms with Crippen LogP contribution in [0.4, 0.5) is 0 Å². The molecule has 1 saturated heterocycles. The molecule has 0 spiro atoms. The third kappa shape index (κ3) is 5.34. The van der Waals surface area contributed by atoms with Gasteiger partial charge < -0.3 is 19.9 Å². The number of nitrogens with one attached hydrogen (secondary N) is 1. The smallest absolute Gasteiger partial charge is 0.119 e. The van der Waals surface area contributed by atoms with Crippen molar-refractivity contribution in [2.45, 2.75) is 18.4 Å². The van der Waals surface area contributed by atoms with Crippen LogP contribution < -0.4 is 14.8 Å². The van der Waals surface area contributed by atoms with Crippen molar-refractivity contribution < 1.29 is 14.6 Å². The molecule has 0 aromatic heterocycles. The minimum atomic E-state index is -0.312. The highest BCUT2D eigenvalue weighted by Gasteiger charge is 2.24. The van der Waals surface area contributed by atoms with E-state index in [1.165, 1.54) is 5.56 Å². The van der Waals surface area contributed by atoms with Gasteiger partial charge in [-0.15, -0.1) is 0 Å². The average molecular weight is 339 g/mol. The van der Waals surface area contributed by atoms with Crippen molar-refractivity contribution in [3.63, 3.8) is 0 Å². The molecule has 2 aromatic carbocycles. The van der Waals surface area contributed by atoms with Crippen molar-refractivity contribution in [1.82, 2.24) is 5.32 Å². The Balaban J connectivity index is 1.40. The molecule has 1 fully saturated rings. The highest BCUT2D eigenvalue weighted by atomic mass is 16.5. The van der Waals surface area contributed by atoms with Crippen LogP contribution in [0.15, 0.2) is 66.7 Å². The van der Waals surface area contributed by atoms with E-state index in [2.05, 4.69) is 17.4 Å². The van der Waals surface area contributed by atoms with E-state index < -0.39 is 0 Å². The first-order valence-electron chi connectivity index (χ1n) is 8.77. The summed E-state index contributed by atoms with van der Waals surface area (Å²) >= 11 is 0. The monoisotopic (exact) mass is 339 g/mol. The first-order valence-corrected chi connectivity index (χ1v) is 8.77. The lowest BCUT2D eigenvalue weighted by atomic mass is 9.88. The minimum absolute atomic E-state index is 0.213. The minimum Gasteiger partial charge on any atom is -0.490 e. The molecular formula is C21H25NO3. The van der Waals surface area contributed by atoms with Crippen LogP contribution in [-0.2, 0) is 0 Å². The molecule has 0 amide bonds. The summed E-state index contributed by atoms with van der Waals surface area (Å²) in [6, 6.07) is 17.8. The number of aliphatic hydroxyl groups excluding tert-OH is 1. The van der Waals surface area contributed by atoms with Gasteiger partial charge in [0.15, 0.2) is 0 Å². The number of piperidine rings is 1. The van der Waals surface area contributed by atoms with Gasteiger partial charge >= 0.3 is 0 Å². The van der Waals surface area contributed by atoms with Gasteiger partial charge in [0.1, 0.15) is 24.7 Å². The highest BCUT2D eigenvalue weighted by Crippen LogP contribution is 2.27. The third-order valence-electron chi connectivity index (χ3n) is 4.36. The summed E-state index contributed by atoms with van der Waals surface area (Å²) < 4.78 is 11.3. The summed E-state index contributed by atoms with van der Waals surface area (Å²) in [7, 11) is 0.